The highest BCUT2D eigenvalue weighted by atomic mass is 16.6. The third-order valence-corrected chi connectivity index (χ3v) is 13.3. The van der Waals surface area contributed by atoms with E-state index in [1.54, 1.807) is 0 Å². The van der Waals surface area contributed by atoms with Gasteiger partial charge in [0.05, 0.1) is 6.61 Å². The summed E-state index contributed by atoms with van der Waals surface area (Å²) in [4.78, 5) is 25.5. The zero-order valence-corrected chi connectivity index (χ0v) is 43.8. The second kappa shape index (κ2) is 56.0. The molecule has 1 atom stereocenters. The predicted octanol–water partition coefficient (Wildman–Crippen LogP) is 19.8. The Morgan fingerprint density at radius 2 is 0.609 bits per heavy atom. The van der Waals surface area contributed by atoms with Crippen LogP contribution >= 0.6 is 0 Å². The van der Waals surface area contributed by atoms with Gasteiger partial charge in [0, 0.05) is 19.4 Å². The molecule has 0 aromatic rings. The monoisotopic (exact) mass is 903 g/mol. The fraction of sp³-hybridized carbons (Fsp3) is 0.932. The lowest BCUT2D eigenvalue weighted by Crippen LogP contribution is -2.30. The summed E-state index contributed by atoms with van der Waals surface area (Å²) in [7, 11) is 0. The Balaban J connectivity index is 4.19. The lowest BCUT2D eigenvalue weighted by molar-refractivity contribution is -0.163. The molecule has 0 spiro atoms. The zero-order valence-electron chi connectivity index (χ0n) is 43.8. The van der Waals surface area contributed by atoms with Crippen LogP contribution < -0.4 is 0 Å². The van der Waals surface area contributed by atoms with Crippen molar-refractivity contribution in [3.05, 3.63) is 12.2 Å². The molecule has 0 rings (SSSR count). The topological polar surface area (TPSA) is 61.8 Å². The van der Waals surface area contributed by atoms with Gasteiger partial charge in [0.15, 0.2) is 6.10 Å². The number of carbonyl (C=O) groups is 2. The number of hydrogen-bond acceptors (Lipinski definition) is 5. The molecule has 5 heteroatoms. The van der Waals surface area contributed by atoms with E-state index in [0.29, 0.717) is 26.1 Å². The van der Waals surface area contributed by atoms with E-state index in [1.807, 2.05) is 0 Å². The number of ether oxygens (including phenoxy) is 3. The molecule has 0 aliphatic rings. The Morgan fingerprint density at radius 3 is 0.969 bits per heavy atom. The third-order valence-electron chi connectivity index (χ3n) is 13.3. The lowest BCUT2D eigenvalue weighted by atomic mass is 10.0. The number of allylic oxidation sites excluding steroid dienone is 2. The first-order valence-corrected chi connectivity index (χ1v) is 29.2. The fourth-order valence-corrected chi connectivity index (χ4v) is 8.92. The molecule has 0 bridgehead atoms. The maximum Gasteiger partial charge on any atom is 0.306 e. The minimum atomic E-state index is -0.530. The molecule has 0 radical (unpaired) electrons. The van der Waals surface area contributed by atoms with Crippen LogP contribution in [0.15, 0.2) is 12.2 Å². The normalized spacial score (nSPS) is 12.1. The molecule has 0 heterocycles. The summed E-state index contributed by atoms with van der Waals surface area (Å²) in [5.41, 5.74) is 0. The highest BCUT2D eigenvalue weighted by Gasteiger charge is 2.17. The van der Waals surface area contributed by atoms with Crippen LogP contribution in [0.5, 0.6) is 0 Å². The van der Waals surface area contributed by atoms with Gasteiger partial charge < -0.3 is 14.2 Å². The van der Waals surface area contributed by atoms with Crippen molar-refractivity contribution in [1.82, 2.24) is 0 Å². The Labute approximate surface area is 401 Å². The largest absolute Gasteiger partial charge is 0.462 e. The maximum absolute atomic E-state index is 12.9. The minimum Gasteiger partial charge on any atom is -0.462 e. The van der Waals surface area contributed by atoms with E-state index in [4.69, 9.17) is 14.2 Å². The molecule has 0 aromatic carbocycles. The van der Waals surface area contributed by atoms with Crippen LogP contribution in [0, 0.1) is 0 Å². The SMILES string of the molecule is CCCCCC/C=C\CCCCCCCC(=O)OC[C@@H](COCCCCCCCCCCCCCCCCCC)OC(=O)CCCCCCCCCCCCCCCCCCCCC. The molecular formula is C59H114O5. The van der Waals surface area contributed by atoms with Crippen molar-refractivity contribution < 1.29 is 23.8 Å². The Kier molecular flexibility index (Phi) is 54.8. The number of rotatable bonds is 55. The van der Waals surface area contributed by atoms with E-state index in [2.05, 4.69) is 32.9 Å². The number of hydrogen-bond donors (Lipinski definition) is 0. The summed E-state index contributed by atoms with van der Waals surface area (Å²) in [5.74, 6) is -0.381. The zero-order chi connectivity index (χ0) is 46.3. The number of unbranched alkanes of at least 4 members (excludes halogenated alkanes) is 42. The molecular weight excluding hydrogens is 789 g/mol. The molecule has 0 aliphatic carbocycles. The van der Waals surface area contributed by atoms with E-state index < -0.39 is 6.10 Å². The first-order valence-electron chi connectivity index (χ1n) is 29.2. The second-order valence-electron chi connectivity index (χ2n) is 19.9. The highest BCUT2D eigenvalue weighted by Crippen LogP contribution is 2.17. The van der Waals surface area contributed by atoms with E-state index in [9.17, 15) is 9.59 Å². The molecule has 64 heavy (non-hydrogen) atoms. The van der Waals surface area contributed by atoms with Gasteiger partial charge in [-0.05, 0) is 44.9 Å². The summed E-state index contributed by atoms with van der Waals surface area (Å²) in [6, 6.07) is 0. The van der Waals surface area contributed by atoms with Crippen molar-refractivity contribution in [3.8, 4) is 0 Å². The average Bonchev–Trinajstić information content (AvgIpc) is 3.30. The molecule has 0 aliphatic heterocycles. The molecule has 0 saturated carbocycles. The van der Waals surface area contributed by atoms with Crippen LogP contribution in [0.25, 0.3) is 0 Å². The molecule has 0 unspecified atom stereocenters. The van der Waals surface area contributed by atoms with Gasteiger partial charge in [-0.3, -0.25) is 9.59 Å². The molecule has 0 fully saturated rings. The van der Waals surface area contributed by atoms with Crippen molar-refractivity contribution in [1.29, 1.82) is 0 Å². The van der Waals surface area contributed by atoms with Crippen LogP contribution in [-0.2, 0) is 23.8 Å². The van der Waals surface area contributed by atoms with Gasteiger partial charge in [0.25, 0.3) is 0 Å². The van der Waals surface area contributed by atoms with Crippen molar-refractivity contribution in [2.75, 3.05) is 19.8 Å². The van der Waals surface area contributed by atoms with Crippen molar-refractivity contribution >= 4 is 11.9 Å². The van der Waals surface area contributed by atoms with Crippen molar-refractivity contribution in [3.63, 3.8) is 0 Å². The smallest absolute Gasteiger partial charge is 0.306 e. The lowest BCUT2D eigenvalue weighted by Gasteiger charge is -2.18. The second-order valence-corrected chi connectivity index (χ2v) is 19.9. The summed E-state index contributed by atoms with van der Waals surface area (Å²) in [6.07, 6.45) is 65.2. The Morgan fingerprint density at radius 1 is 0.328 bits per heavy atom. The van der Waals surface area contributed by atoms with Gasteiger partial charge in [-0.25, -0.2) is 0 Å². The van der Waals surface area contributed by atoms with Crippen LogP contribution in [0.1, 0.15) is 329 Å². The molecule has 0 aromatic heterocycles. The van der Waals surface area contributed by atoms with Gasteiger partial charge in [0.1, 0.15) is 6.61 Å². The molecule has 0 amide bonds. The summed E-state index contributed by atoms with van der Waals surface area (Å²) >= 11 is 0. The summed E-state index contributed by atoms with van der Waals surface area (Å²) < 4.78 is 17.5. The molecule has 0 N–H and O–H groups in total. The highest BCUT2D eigenvalue weighted by molar-refractivity contribution is 5.70. The van der Waals surface area contributed by atoms with Gasteiger partial charge >= 0.3 is 11.9 Å². The van der Waals surface area contributed by atoms with E-state index in [1.165, 1.54) is 250 Å². The summed E-state index contributed by atoms with van der Waals surface area (Å²) in [6.45, 7) is 7.89. The Bertz CT molecular complexity index is 932. The van der Waals surface area contributed by atoms with Crippen molar-refractivity contribution in [2.24, 2.45) is 0 Å². The molecule has 5 nitrogen and oxygen atoms in total. The van der Waals surface area contributed by atoms with Gasteiger partial charge in [-0.15, -0.1) is 0 Å². The first kappa shape index (κ1) is 62.6. The van der Waals surface area contributed by atoms with Gasteiger partial charge in [0.2, 0.25) is 0 Å². The molecule has 380 valence electrons. The van der Waals surface area contributed by atoms with Crippen LogP contribution in [0.4, 0.5) is 0 Å². The third kappa shape index (κ3) is 53.3. The van der Waals surface area contributed by atoms with Crippen molar-refractivity contribution in [2.45, 2.75) is 335 Å². The van der Waals surface area contributed by atoms with Crippen LogP contribution in [0.2, 0.25) is 0 Å². The van der Waals surface area contributed by atoms with E-state index >= 15 is 0 Å². The minimum absolute atomic E-state index is 0.0908. The standard InChI is InChI=1S/C59H114O5/c1-4-7-10-13-16-19-22-25-27-29-30-31-32-35-38-41-44-47-50-53-59(61)64-57(56-63-58(60)52-49-46-43-40-37-34-24-21-18-15-12-9-6-3)55-62-54-51-48-45-42-39-36-33-28-26-23-20-17-14-11-8-5-2/h21,24,57H,4-20,22-23,25-56H2,1-3H3/b24-21-/t57-/m1/s1. The number of esters is 2. The van der Waals surface area contributed by atoms with Crippen LogP contribution in [-0.4, -0.2) is 37.9 Å². The summed E-state index contributed by atoms with van der Waals surface area (Å²) in [5, 5.41) is 0. The van der Waals surface area contributed by atoms with E-state index in [-0.39, 0.29) is 18.5 Å². The average molecular weight is 904 g/mol. The maximum atomic E-state index is 12.9. The molecule has 0 saturated heterocycles. The predicted molar refractivity (Wildman–Crippen MR) is 279 cm³/mol. The number of carbonyl (C=O) groups excluding carboxylic acids is 2. The quantitative estimate of drug-likeness (QED) is 0.0346. The van der Waals surface area contributed by atoms with Crippen LogP contribution in [0.3, 0.4) is 0 Å². The Hall–Kier alpha value is -1.36. The first-order chi connectivity index (χ1) is 31.6. The van der Waals surface area contributed by atoms with E-state index in [0.717, 1.165) is 44.9 Å². The van der Waals surface area contributed by atoms with Gasteiger partial charge in [-0.2, -0.15) is 0 Å². The van der Waals surface area contributed by atoms with Gasteiger partial charge in [-0.1, -0.05) is 283 Å². The fourth-order valence-electron chi connectivity index (χ4n) is 8.92.